The van der Waals surface area contributed by atoms with Gasteiger partial charge in [0.2, 0.25) is 0 Å². The Hall–Kier alpha value is -3.65. The number of hydrogen-bond donors (Lipinski definition) is 2. The first-order chi connectivity index (χ1) is 18.1. The molecule has 0 heterocycles. The Morgan fingerprint density at radius 3 is 2.37 bits per heavy atom. The van der Waals surface area contributed by atoms with Gasteiger partial charge in [0.05, 0.1) is 18.1 Å². The number of carboxylic acids is 1. The molecule has 2 aliphatic carbocycles. The number of fused-ring (bicyclic) bond motifs is 1. The van der Waals surface area contributed by atoms with Crippen LogP contribution in [0.15, 0.2) is 54.6 Å². The lowest BCUT2D eigenvalue weighted by Gasteiger charge is -2.18. The van der Waals surface area contributed by atoms with Crippen LogP contribution in [0.25, 0.3) is 0 Å². The number of hydrogen-bond acceptors (Lipinski definition) is 5. The van der Waals surface area contributed by atoms with Crippen LogP contribution in [0.5, 0.6) is 23.0 Å². The van der Waals surface area contributed by atoms with E-state index < -0.39 is 29.3 Å². The van der Waals surface area contributed by atoms with Gasteiger partial charge in [-0.05, 0) is 81.0 Å². The molecule has 0 bridgehead atoms. The third kappa shape index (κ3) is 5.75. The van der Waals surface area contributed by atoms with Gasteiger partial charge in [-0.2, -0.15) is 0 Å². The van der Waals surface area contributed by atoms with Crippen molar-refractivity contribution in [2.24, 2.45) is 5.92 Å². The Labute approximate surface area is 219 Å². The van der Waals surface area contributed by atoms with Gasteiger partial charge in [0.25, 0.3) is 0 Å². The summed E-state index contributed by atoms with van der Waals surface area (Å²) in [7, 11) is 0. The summed E-state index contributed by atoms with van der Waals surface area (Å²) >= 11 is 0. The second-order valence-electron chi connectivity index (χ2n) is 10.5. The Morgan fingerprint density at radius 2 is 1.71 bits per heavy atom. The van der Waals surface area contributed by atoms with E-state index in [1.807, 2.05) is 12.1 Å². The number of benzene rings is 3. The minimum atomic E-state index is -0.907. The van der Waals surface area contributed by atoms with E-state index in [1.165, 1.54) is 24.3 Å². The third-order valence-corrected chi connectivity index (χ3v) is 7.04. The molecule has 1 saturated carbocycles. The normalized spacial score (nSPS) is 20.1. The summed E-state index contributed by atoms with van der Waals surface area (Å²) < 4.78 is 47.0. The highest BCUT2D eigenvalue weighted by Crippen LogP contribution is 2.48. The molecule has 8 heteroatoms. The van der Waals surface area contributed by atoms with Crippen LogP contribution < -0.4 is 14.2 Å². The number of carboxylic acid groups (broad SMARTS) is 1. The molecule has 0 radical (unpaired) electrons. The zero-order valence-electron chi connectivity index (χ0n) is 21.2. The molecule has 0 amide bonds. The van der Waals surface area contributed by atoms with Gasteiger partial charge in [0, 0.05) is 23.6 Å². The predicted octanol–water partition coefficient (Wildman–Crippen LogP) is 6.55. The number of aliphatic hydroxyl groups is 1. The molecule has 6 nitrogen and oxygen atoms in total. The minimum Gasteiger partial charge on any atom is -0.490 e. The second kappa shape index (κ2) is 10.3. The summed E-state index contributed by atoms with van der Waals surface area (Å²) in [6.07, 6.45) is 1.58. The smallest absolute Gasteiger partial charge is 0.307 e. The Balaban J connectivity index is 1.26. The van der Waals surface area contributed by atoms with E-state index >= 15 is 0 Å². The third-order valence-electron chi connectivity index (χ3n) is 7.04. The van der Waals surface area contributed by atoms with E-state index in [4.69, 9.17) is 19.3 Å². The van der Waals surface area contributed by atoms with Crippen LogP contribution in [-0.2, 0) is 11.2 Å². The van der Waals surface area contributed by atoms with Gasteiger partial charge >= 0.3 is 5.97 Å². The minimum absolute atomic E-state index is 0.0315. The standard InChI is InChI=1S/C30H30F2O6/c1-30(2,35)13-14-36-26-10-7-19(15-24(26)32)38-25-12-9-23(31)28-20(25)8-11-27(28)37-18-5-3-17(4-6-18)21-16-22(21)29(33)34/h3-7,9-10,12,15,21-22,27,35H,8,11,13-14,16H2,1-2H3,(H,33,34)/t21-,22+,27-/m1/s1. The van der Waals surface area contributed by atoms with Crippen molar-refractivity contribution in [3.05, 3.63) is 82.9 Å². The molecular formula is C30H30F2O6. The van der Waals surface area contributed by atoms with Crippen LogP contribution in [0.3, 0.4) is 0 Å². The largest absolute Gasteiger partial charge is 0.490 e. The summed E-state index contributed by atoms with van der Waals surface area (Å²) in [4.78, 5) is 11.1. The molecule has 3 aromatic carbocycles. The topological polar surface area (TPSA) is 85.2 Å². The summed E-state index contributed by atoms with van der Waals surface area (Å²) in [5.41, 5.74) is 1.15. The first-order valence-electron chi connectivity index (χ1n) is 12.7. The zero-order valence-corrected chi connectivity index (χ0v) is 21.2. The van der Waals surface area contributed by atoms with Crippen LogP contribution in [0.4, 0.5) is 8.78 Å². The lowest BCUT2D eigenvalue weighted by atomic mass is 10.1. The molecule has 5 rings (SSSR count). The van der Waals surface area contributed by atoms with Crippen molar-refractivity contribution < 1.29 is 38.0 Å². The summed E-state index contributed by atoms with van der Waals surface area (Å²) in [5.74, 6) is -0.732. The van der Waals surface area contributed by atoms with Gasteiger partial charge in [-0.3, -0.25) is 4.79 Å². The lowest BCUT2D eigenvalue weighted by molar-refractivity contribution is -0.138. The van der Waals surface area contributed by atoms with Crippen molar-refractivity contribution in [3.63, 3.8) is 0 Å². The van der Waals surface area contributed by atoms with E-state index in [0.29, 0.717) is 48.3 Å². The van der Waals surface area contributed by atoms with E-state index in [2.05, 4.69) is 0 Å². The van der Waals surface area contributed by atoms with E-state index in [9.17, 15) is 18.7 Å². The van der Waals surface area contributed by atoms with Crippen molar-refractivity contribution in [1.29, 1.82) is 0 Å². The Kier molecular flexibility index (Phi) is 7.01. The maximum atomic E-state index is 14.9. The van der Waals surface area contributed by atoms with E-state index in [1.54, 1.807) is 32.0 Å². The summed E-state index contributed by atoms with van der Waals surface area (Å²) in [6.45, 7) is 3.48. The maximum Gasteiger partial charge on any atom is 0.307 e. The molecule has 0 unspecified atom stereocenters. The first kappa shape index (κ1) is 26.0. The van der Waals surface area contributed by atoms with Crippen LogP contribution in [0.1, 0.15) is 61.8 Å². The highest BCUT2D eigenvalue weighted by atomic mass is 19.1. The molecule has 2 aliphatic rings. The van der Waals surface area contributed by atoms with Crippen molar-refractivity contribution >= 4 is 5.97 Å². The zero-order chi connectivity index (χ0) is 27.0. The van der Waals surface area contributed by atoms with E-state index in [-0.39, 0.29) is 29.9 Å². The van der Waals surface area contributed by atoms with Crippen LogP contribution in [0, 0.1) is 17.6 Å². The second-order valence-corrected chi connectivity index (χ2v) is 10.5. The Bertz CT molecular complexity index is 1330. The van der Waals surface area contributed by atoms with Crippen LogP contribution in [-0.4, -0.2) is 28.4 Å². The molecule has 2 N–H and O–H groups in total. The fourth-order valence-electron chi connectivity index (χ4n) is 4.85. The molecule has 0 spiro atoms. The molecule has 1 fully saturated rings. The van der Waals surface area contributed by atoms with Crippen molar-refractivity contribution in [2.45, 2.75) is 57.2 Å². The van der Waals surface area contributed by atoms with Gasteiger partial charge in [0.15, 0.2) is 11.6 Å². The molecule has 38 heavy (non-hydrogen) atoms. The van der Waals surface area contributed by atoms with Crippen molar-refractivity contribution in [1.82, 2.24) is 0 Å². The average molecular weight is 525 g/mol. The number of halogens is 2. The monoisotopic (exact) mass is 524 g/mol. The molecule has 0 aliphatic heterocycles. The average Bonchev–Trinajstić information content (AvgIpc) is 3.56. The highest BCUT2D eigenvalue weighted by molar-refractivity contribution is 5.75. The molecule has 3 aromatic rings. The number of rotatable bonds is 10. The SMILES string of the molecule is CC(C)(O)CCOc1ccc(Oc2ccc(F)c3c2CC[C@H]3Oc2ccc([C@H]3C[C@@H]3C(=O)O)cc2)cc1F. The van der Waals surface area contributed by atoms with Gasteiger partial charge in [0.1, 0.15) is 29.2 Å². The maximum absolute atomic E-state index is 14.9. The fourth-order valence-corrected chi connectivity index (χ4v) is 4.85. The van der Waals surface area contributed by atoms with Crippen molar-refractivity contribution in [2.75, 3.05) is 6.61 Å². The molecule has 3 atom stereocenters. The van der Waals surface area contributed by atoms with Gasteiger partial charge in [-0.25, -0.2) is 8.78 Å². The summed E-state index contributed by atoms with van der Waals surface area (Å²) in [5, 5.41) is 18.9. The number of aliphatic carboxylic acids is 1. The van der Waals surface area contributed by atoms with Gasteiger partial charge < -0.3 is 24.4 Å². The molecular weight excluding hydrogens is 494 g/mol. The fraction of sp³-hybridized carbons (Fsp3) is 0.367. The molecule has 0 saturated heterocycles. The first-order valence-corrected chi connectivity index (χ1v) is 12.7. The summed E-state index contributed by atoms with van der Waals surface area (Å²) in [6, 6.07) is 14.4. The van der Waals surface area contributed by atoms with Gasteiger partial charge in [-0.1, -0.05) is 12.1 Å². The van der Waals surface area contributed by atoms with Crippen LogP contribution in [0.2, 0.25) is 0 Å². The van der Waals surface area contributed by atoms with E-state index in [0.717, 1.165) is 5.56 Å². The predicted molar refractivity (Wildman–Crippen MR) is 136 cm³/mol. The molecule has 200 valence electrons. The van der Waals surface area contributed by atoms with Crippen LogP contribution >= 0.6 is 0 Å². The Morgan fingerprint density at radius 1 is 1.00 bits per heavy atom. The quantitative estimate of drug-likeness (QED) is 0.313. The highest BCUT2D eigenvalue weighted by Gasteiger charge is 2.44. The number of ether oxygens (including phenoxy) is 3. The van der Waals surface area contributed by atoms with Gasteiger partial charge in [-0.15, -0.1) is 0 Å². The van der Waals surface area contributed by atoms with Crippen molar-refractivity contribution in [3.8, 4) is 23.0 Å². The lowest BCUT2D eigenvalue weighted by Crippen LogP contribution is -2.21. The number of carbonyl (C=O) groups is 1. The molecule has 0 aromatic heterocycles.